The van der Waals surface area contributed by atoms with Crippen LogP contribution in [0.1, 0.15) is 25.8 Å². The molecule has 1 N–H and O–H groups in total. The van der Waals surface area contributed by atoms with Crippen molar-refractivity contribution in [1.82, 2.24) is 0 Å². The first-order valence-corrected chi connectivity index (χ1v) is 7.81. The largest absolute Gasteiger partial charge is 0.466 e. The first-order valence-electron chi connectivity index (χ1n) is 7.43. The highest BCUT2D eigenvalue weighted by Crippen LogP contribution is 2.31. The average Bonchev–Trinajstić information content (AvgIpc) is 2.49. The van der Waals surface area contributed by atoms with E-state index >= 15 is 0 Å². The molecule has 0 aliphatic heterocycles. The van der Waals surface area contributed by atoms with Crippen LogP contribution in [0.3, 0.4) is 0 Å². The van der Waals surface area contributed by atoms with Crippen molar-refractivity contribution in [3.8, 4) is 11.5 Å². The third kappa shape index (κ3) is 4.69. The molecule has 0 aliphatic rings. The first kappa shape index (κ1) is 18.2. The van der Waals surface area contributed by atoms with Crippen molar-refractivity contribution in [3.05, 3.63) is 58.9 Å². The second kappa shape index (κ2) is 7.64. The summed E-state index contributed by atoms with van der Waals surface area (Å²) in [6, 6.07) is 10.7. The number of carbonyl (C=O) groups is 1. The lowest BCUT2D eigenvalue weighted by Crippen LogP contribution is -2.27. The minimum Gasteiger partial charge on any atom is -0.466 e. The van der Waals surface area contributed by atoms with Gasteiger partial charge in [0.15, 0.2) is 0 Å². The fourth-order valence-electron chi connectivity index (χ4n) is 2.22. The van der Waals surface area contributed by atoms with Crippen molar-refractivity contribution >= 4 is 17.6 Å². The Bertz CT molecular complexity index is 713. The Labute approximate surface area is 144 Å². The van der Waals surface area contributed by atoms with Gasteiger partial charge in [-0.15, -0.1) is 0 Å². The van der Waals surface area contributed by atoms with Crippen molar-refractivity contribution in [2.45, 2.75) is 25.9 Å². The molecule has 0 aliphatic carbocycles. The molecular formula is C18H18ClFO4. The number of aliphatic hydroxyl groups is 1. The molecule has 0 spiro atoms. The Kier molecular flexibility index (Phi) is 5.80. The molecule has 0 radical (unpaired) electrons. The van der Waals surface area contributed by atoms with E-state index in [9.17, 15) is 14.3 Å². The highest BCUT2D eigenvalue weighted by molar-refractivity contribution is 6.30. The molecule has 1 atom stereocenters. The van der Waals surface area contributed by atoms with Crippen LogP contribution in [0, 0.1) is 5.82 Å². The predicted octanol–water partition coefficient (Wildman–Crippen LogP) is 4.43. The van der Waals surface area contributed by atoms with Crippen molar-refractivity contribution in [2.24, 2.45) is 0 Å². The van der Waals surface area contributed by atoms with Crippen LogP contribution in [0.2, 0.25) is 5.02 Å². The second-order valence-electron chi connectivity index (χ2n) is 5.45. The van der Waals surface area contributed by atoms with Crippen molar-refractivity contribution < 1.29 is 23.8 Å². The van der Waals surface area contributed by atoms with E-state index in [1.165, 1.54) is 19.1 Å². The zero-order valence-corrected chi connectivity index (χ0v) is 14.1. The summed E-state index contributed by atoms with van der Waals surface area (Å²) in [5, 5.41) is 10.9. The summed E-state index contributed by atoms with van der Waals surface area (Å²) in [5.74, 6) is -0.491. The van der Waals surface area contributed by atoms with Gasteiger partial charge in [-0.05, 0) is 50.2 Å². The Morgan fingerprint density at radius 2 is 1.83 bits per heavy atom. The number of halogens is 2. The molecule has 0 saturated heterocycles. The molecule has 0 heterocycles. The van der Waals surface area contributed by atoms with E-state index in [2.05, 4.69) is 0 Å². The van der Waals surface area contributed by atoms with Gasteiger partial charge >= 0.3 is 5.97 Å². The maximum Gasteiger partial charge on any atom is 0.309 e. The van der Waals surface area contributed by atoms with Gasteiger partial charge in [-0.25, -0.2) is 4.39 Å². The van der Waals surface area contributed by atoms with E-state index in [1.54, 1.807) is 31.2 Å². The lowest BCUT2D eigenvalue weighted by molar-refractivity contribution is -0.148. The number of rotatable bonds is 6. The summed E-state index contributed by atoms with van der Waals surface area (Å²) in [5.41, 5.74) is -1.67. The van der Waals surface area contributed by atoms with Gasteiger partial charge in [0, 0.05) is 16.7 Å². The minimum atomic E-state index is -1.67. The molecule has 4 nitrogen and oxygen atoms in total. The van der Waals surface area contributed by atoms with Crippen LogP contribution in [-0.4, -0.2) is 17.7 Å². The molecule has 0 saturated carbocycles. The lowest BCUT2D eigenvalue weighted by Gasteiger charge is -2.23. The molecule has 0 aromatic heterocycles. The van der Waals surface area contributed by atoms with Gasteiger partial charge in [-0.3, -0.25) is 4.79 Å². The summed E-state index contributed by atoms with van der Waals surface area (Å²) in [7, 11) is 0. The molecule has 2 rings (SSSR count). The third-order valence-corrected chi connectivity index (χ3v) is 3.62. The van der Waals surface area contributed by atoms with Gasteiger partial charge in [0.2, 0.25) is 0 Å². The van der Waals surface area contributed by atoms with Gasteiger partial charge in [-0.1, -0.05) is 11.6 Å². The summed E-state index contributed by atoms with van der Waals surface area (Å²) in [4.78, 5) is 11.5. The van der Waals surface area contributed by atoms with Crippen molar-refractivity contribution in [2.75, 3.05) is 6.61 Å². The molecule has 128 valence electrons. The smallest absolute Gasteiger partial charge is 0.309 e. The number of benzene rings is 2. The van der Waals surface area contributed by atoms with Crippen molar-refractivity contribution in [1.29, 1.82) is 0 Å². The molecule has 2 aromatic rings. The second-order valence-corrected chi connectivity index (χ2v) is 5.89. The van der Waals surface area contributed by atoms with Crippen LogP contribution in [0.5, 0.6) is 11.5 Å². The number of hydrogen-bond donors (Lipinski definition) is 1. The van der Waals surface area contributed by atoms with Crippen LogP contribution in [0.15, 0.2) is 42.5 Å². The van der Waals surface area contributed by atoms with Crippen molar-refractivity contribution in [3.63, 3.8) is 0 Å². The van der Waals surface area contributed by atoms with Gasteiger partial charge < -0.3 is 14.6 Å². The first-order chi connectivity index (χ1) is 11.3. The van der Waals surface area contributed by atoms with Gasteiger partial charge in [0.05, 0.1) is 13.0 Å². The molecule has 24 heavy (non-hydrogen) atoms. The van der Waals surface area contributed by atoms with Crippen LogP contribution >= 0.6 is 11.6 Å². The van der Waals surface area contributed by atoms with Gasteiger partial charge in [0.25, 0.3) is 0 Å². The normalized spacial score (nSPS) is 13.2. The molecule has 1 unspecified atom stereocenters. The van der Waals surface area contributed by atoms with Gasteiger partial charge in [-0.2, -0.15) is 0 Å². The Balaban J connectivity index is 2.16. The number of hydrogen-bond acceptors (Lipinski definition) is 4. The van der Waals surface area contributed by atoms with E-state index < -0.39 is 17.4 Å². The maximum absolute atomic E-state index is 14.3. The van der Waals surface area contributed by atoms with Gasteiger partial charge in [0.1, 0.15) is 22.9 Å². The molecule has 0 fully saturated rings. The number of carbonyl (C=O) groups excluding carboxylic acids is 1. The highest BCUT2D eigenvalue weighted by atomic mass is 35.5. The number of esters is 1. The molecule has 2 aromatic carbocycles. The van der Waals surface area contributed by atoms with Crippen LogP contribution < -0.4 is 4.74 Å². The fraction of sp³-hybridized carbons (Fsp3) is 0.278. The zero-order valence-electron chi connectivity index (χ0n) is 13.4. The summed E-state index contributed by atoms with van der Waals surface area (Å²) in [6.07, 6.45) is -0.338. The van der Waals surface area contributed by atoms with E-state index in [4.69, 9.17) is 21.1 Å². The fourth-order valence-corrected chi connectivity index (χ4v) is 2.35. The SMILES string of the molecule is CCOC(=O)CC(C)(O)c1ccc(Oc2ccc(Cl)cc2)cc1F. The quantitative estimate of drug-likeness (QED) is 0.781. The summed E-state index contributed by atoms with van der Waals surface area (Å²) >= 11 is 5.79. The minimum absolute atomic E-state index is 0.000917. The van der Waals surface area contributed by atoms with E-state index in [-0.39, 0.29) is 24.3 Å². The Morgan fingerprint density at radius 1 is 1.21 bits per heavy atom. The van der Waals surface area contributed by atoms with E-state index in [0.717, 1.165) is 6.07 Å². The van der Waals surface area contributed by atoms with E-state index in [0.29, 0.717) is 10.8 Å². The third-order valence-electron chi connectivity index (χ3n) is 3.36. The molecule has 0 amide bonds. The summed E-state index contributed by atoms with van der Waals surface area (Å²) in [6.45, 7) is 3.23. The highest BCUT2D eigenvalue weighted by Gasteiger charge is 2.30. The molecular weight excluding hydrogens is 335 g/mol. The summed E-state index contributed by atoms with van der Waals surface area (Å²) < 4.78 is 24.7. The number of ether oxygens (including phenoxy) is 2. The maximum atomic E-state index is 14.3. The monoisotopic (exact) mass is 352 g/mol. The topological polar surface area (TPSA) is 55.8 Å². The zero-order chi connectivity index (χ0) is 17.7. The average molecular weight is 353 g/mol. The molecule has 0 bridgehead atoms. The van der Waals surface area contributed by atoms with E-state index in [1.807, 2.05) is 0 Å². The lowest BCUT2D eigenvalue weighted by atomic mass is 9.92. The molecule has 6 heteroatoms. The van der Waals surface area contributed by atoms with Crippen LogP contribution in [-0.2, 0) is 15.1 Å². The Hall–Kier alpha value is -2.11. The predicted molar refractivity (Wildman–Crippen MR) is 88.7 cm³/mol. The Morgan fingerprint density at radius 3 is 2.42 bits per heavy atom. The van der Waals surface area contributed by atoms with Crippen LogP contribution in [0.4, 0.5) is 4.39 Å². The standard InChI is InChI=1S/C18H18ClFO4/c1-3-23-17(21)11-18(2,22)15-9-8-14(10-16(15)20)24-13-6-4-12(19)5-7-13/h4-10,22H,3,11H2,1-2H3. The van der Waals surface area contributed by atoms with Crippen LogP contribution in [0.25, 0.3) is 0 Å².